The van der Waals surface area contributed by atoms with Gasteiger partial charge in [-0.25, -0.2) is 8.96 Å². The molecule has 0 saturated carbocycles. The molecule has 0 radical (unpaired) electrons. The third-order valence-corrected chi connectivity index (χ3v) is 3.49. The van der Waals surface area contributed by atoms with Gasteiger partial charge < -0.3 is 9.84 Å². The second kappa shape index (κ2) is 8.27. The number of hydrogen-bond donors (Lipinski definition) is 1. The summed E-state index contributed by atoms with van der Waals surface area (Å²) in [5, 5.41) is 8.66. The Morgan fingerprint density at radius 2 is 2.00 bits per heavy atom. The molecule has 0 fully saturated rings. The minimum atomic E-state index is -0.790. The summed E-state index contributed by atoms with van der Waals surface area (Å²) in [5.41, 5.74) is 1.87. The van der Waals surface area contributed by atoms with Gasteiger partial charge in [-0.3, -0.25) is 4.79 Å². The van der Waals surface area contributed by atoms with Crippen LogP contribution in [0.2, 0.25) is 0 Å². The number of nitrogens with zero attached hydrogens (tertiary/aromatic N) is 1. The summed E-state index contributed by atoms with van der Waals surface area (Å²) in [6, 6.07) is 8.77. The van der Waals surface area contributed by atoms with Crippen LogP contribution in [0.1, 0.15) is 24.0 Å². The van der Waals surface area contributed by atoms with Crippen LogP contribution in [0, 0.1) is 12.7 Å². The Labute approximate surface area is 135 Å². The topological polar surface area (TPSA) is 50.4 Å². The highest BCUT2D eigenvalue weighted by atomic mass is 19.1. The number of carboxylic acid groups (broad SMARTS) is 1. The fourth-order valence-electron chi connectivity index (χ4n) is 2.21. The molecule has 2 rings (SSSR count). The minimum Gasteiger partial charge on any atom is -0.490 e. The summed E-state index contributed by atoms with van der Waals surface area (Å²) in [5.74, 6) is -0.840. The maximum absolute atomic E-state index is 13.6. The molecule has 0 unspecified atom stereocenters. The van der Waals surface area contributed by atoms with E-state index in [1.54, 1.807) is 6.07 Å². The van der Waals surface area contributed by atoms with Crippen LogP contribution in [0.25, 0.3) is 0 Å². The van der Waals surface area contributed by atoms with Crippen molar-refractivity contribution in [2.75, 3.05) is 6.61 Å². The highest BCUT2D eigenvalue weighted by Crippen LogP contribution is 2.17. The van der Waals surface area contributed by atoms with Crippen LogP contribution in [0.3, 0.4) is 0 Å². The normalized spacial score (nSPS) is 10.5. The van der Waals surface area contributed by atoms with Crippen LogP contribution in [0.4, 0.5) is 4.39 Å². The quantitative estimate of drug-likeness (QED) is 0.601. The average molecular weight is 318 g/mol. The molecular formula is C18H21FNO3+. The van der Waals surface area contributed by atoms with Crippen molar-refractivity contribution in [3.05, 3.63) is 59.7 Å². The Kier molecular flexibility index (Phi) is 6.09. The first-order valence-electron chi connectivity index (χ1n) is 7.63. The fraction of sp³-hybridized carbons (Fsp3) is 0.333. The van der Waals surface area contributed by atoms with E-state index in [1.807, 2.05) is 42.1 Å². The van der Waals surface area contributed by atoms with Gasteiger partial charge in [-0.15, -0.1) is 0 Å². The molecule has 0 spiro atoms. The molecule has 0 amide bonds. The number of aryl methyl sites for hydroxylation is 3. The highest BCUT2D eigenvalue weighted by Gasteiger charge is 2.06. The largest absolute Gasteiger partial charge is 0.490 e. The summed E-state index contributed by atoms with van der Waals surface area (Å²) in [7, 11) is 0. The maximum atomic E-state index is 13.6. The molecule has 1 aromatic heterocycles. The van der Waals surface area contributed by atoms with Crippen molar-refractivity contribution in [3.63, 3.8) is 0 Å². The lowest BCUT2D eigenvalue weighted by atomic mass is 10.1. The molecule has 5 heteroatoms. The van der Waals surface area contributed by atoms with E-state index in [2.05, 4.69) is 0 Å². The van der Waals surface area contributed by atoms with Gasteiger partial charge in [0.15, 0.2) is 30.5 Å². The highest BCUT2D eigenvalue weighted by molar-refractivity contribution is 5.67. The predicted molar refractivity (Wildman–Crippen MR) is 83.8 cm³/mol. The van der Waals surface area contributed by atoms with E-state index in [0.717, 1.165) is 24.1 Å². The van der Waals surface area contributed by atoms with Crippen molar-refractivity contribution in [2.45, 2.75) is 32.7 Å². The van der Waals surface area contributed by atoms with Crippen molar-refractivity contribution >= 4 is 5.97 Å². The number of halogens is 1. The fourth-order valence-corrected chi connectivity index (χ4v) is 2.21. The third-order valence-electron chi connectivity index (χ3n) is 3.49. The Morgan fingerprint density at radius 1 is 1.26 bits per heavy atom. The maximum Gasteiger partial charge on any atom is 0.303 e. The van der Waals surface area contributed by atoms with Crippen molar-refractivity contribution in [1.29, 1.82) is 0 Å². The third kappa shape index (κ3) is 5.70. The number of carboxylic acids is 1. The molecule has 0 aliphatic heterocycles. The molecule has 0 aliphatic rings. The smallest absolute Gasteiger partial charge is 0.303 e. The molecule has 0 aliphatic carbocycles. The predicted octanol–water partition coefficient (Wildman–Crippen LogP) is 2.91. The summed E-state index contributed by atoms with van der Waals surface area (Å²) >= 11 is 0. The molecule has 23 heavy (non-hydrogen) atoms. The van der Waals surface area contributed by atoms with Gasteiger partial charge in [-0.1, -0.05) is 6.07 Å². The van der Waals surface area contributed by atoms with Gasteiger partial charge in [0, 0.05) is 25.0 Å². The number of hydrogen-bond acceptors (Lipinski definition) is 2. The van der Waals surface area contributed by atoms with Crippen molar-refractivity contribution in [3.8, 4) is 5.75 Å². The molecule has 0 saturated heterocycles. The Morgan fingerprint density at radius 3 is 2.65 bits per heavy atom. The second-order valence-corrected chi connectivity index (χ2v) is 5.47. The van der Waals surface area contributed by atoms with E-state index >= 15 is 0 Å². The van der Waals surface area contributed by atoms with Gasteiger partial charge in [0.1, 0.15) is 0 Å². The Hall–Kier alpha value is -2.43. The second-order valence-electron chi connectivity index (χ2n) is 5.47. The van der Waals surface area contributed by atoms with Crippen LogP contribution >= 0.6 is 0 Å². The zero-order chi connectivity index (χ0) is 16.7. The van der Waals surface area contributed by atoms with E-state index in [4.69, 9.17) is 9.84 Å². The first-order chi connectivity index (χ1) is 11.0. The van der Waals surface area contributed by atoms with Gasteiger partial charge in [0.25, 0.3) is 0 Å². The number of aliphatic carboxylic acids is 1. The van der Waals surface area contributed by atoms with Crippen LogP contribution < -0.4 is 9.30 Å². The van der Waals surface area contributed by atoms with Gasteiger partial charge in [-0.05, 0) is 36.6 Å². The van der Waals surface area contributed by atoms with Crippen molar-refractivity contribution in [2.24, 2.45) is 0 Å². The van der Waals surface area contributed by atoms with Crippen LogP contribution in [0.15, 0.2) is 42.7 Å². The SMILES string of the molecule is Cc1ccc(OCCC[n+]2ccc(CCC(=O)O)cc2)c(F)c1. The first kappa shape index (κ1) is 16.9. The number of aromatic nitrogens is 1. The van der Waals surface area contributed by atoms with Crippen LogP contribution in [-0.2, 0) is 17.8 Å². The zero-order valence-corrected chi connectivity index (χ0v) is 13.2. The first-order valence-corrected chi connectivity index (χ1v) is 7.63. The van der Waals surface area contributed by atoms with Crippen LogP contribution in [-0.4, -0.2) is 17.7 Å². The van der Waals surface area contributed by atoms with E-state index < -0.39 is 5.97 Å². The number of benzene rings is 1. The molecule has 4 nitrogen and oxygen atoms in total. The lowest BCUT2D eigenvalue weighted by Gasteiger charge is -2.06. The summed E-state index contributed by atoms with van der Waals surface area (Å²) in [6.45, 7) is 3.03. The van der Waals surface area contributed by atoms with E-state index in [0.29, 0.717) is 13.0 Å². The number of rotatable bonds is 8. The molecule has 0 bridgehead atoms. The van der Waals surface area contributed by atoms with Crippen LogP contribution in [0.5, 0.6) is 5.75 Å². The number of ether oxygens (including phenoxy) is 1. The van der Waals surface area contributed by atoms with Gasteiger partial charge in [0.2, 0.25) is 0 Å². The Bertz CT molecular complexity index is 656. The number of carbonyl (C=O) groups is 1. The van der Waals surface area contributed by atoms with Gasteiger partial charge >= 0.3 is 5.97 Å². The van der Waals surface area contributed by atoms with Crippen molar-refractivity contribution < 1.29 is 23.6 Å². The standard InChI is InChI=1S/C18H20FNO3/c1-14-3-5-17(16(19)13-14)23-12-2-9-20-10-7-15(8-11-20)4-6-18(21)22/h3,5,7-8,10-11,13H,2,4,6,9,12H2,1H3/p+1. The lowest BCUT2D eigenvalue weighted by Crippen LogP contribution is -2.33. The van der Waals surface area contributed by atoms with Gasteiger partial charge in [0.05, 0.1) is 6.61 Å². The summed E-state index contributed by atoms with van der Waals surface area (Å²) in [6.07, 6.45) is 5.27. The van der Waals surface area contributed by atoms with Crippen molar-refractivity contribution in [1.82, 2.24) is 0 Å². The monoisotopic (exact) mass is 318 g/mol. The van der Waals surface area contributed by atoms with E-state index in [-0.39, 0.29) is 18.0 Å². The molecule has 1 N–H and O–H groups in total. The lowest BCUT2D eigenvalue weighted by molar-refractivity contribution is -0.697. The molecule has 2 aromatic rings. The molecular weight excluding hydrogens is 297 g/mol. The van der Waals surface area contributed by atoms with E-state index in [9.17, 15) is 9.18 Å². The average Bonchev–Trinajstić information content (AvgIpc) is 2.52. The summed E-state index contributed by atoms with van der Waals surface area (Å²) < 4.78 is 21.1. The molecule has 1 heterocycles. The molecule has 1 aromatic carbocycles. The molecule has 122 valence electrons. The van der Waals surface area contributed by atoms with E-state index in [1.165, 1.54) is 6.07 Å². The van der Waals surface area contributed by atoms with Gasteiger partial charge in [-0.2, -0.15) is 0 Å². The Balaban J connectivity index is 1.74. The number of pyridine rings is 1. The zero-order valence-electron chi connectivity index (χ0n) is 13.2. The molecule has 0 atom stereocenters. The minimum absolute atomic E-state index is 0.139. The summed E-state index contributed by atoms with van der Waals surface area (Å²) in [4.78, 5) is 10.5.